The van der Waals surface area contributed by atoms with Crippen LogP contribution in [0.25, 0.3) is 0 Å². The summed E-state index contributed by atoms with van der Waals surface area (Å²) in [7, 11) is 3.02. The molecule has 0 N–H and O–H groups in total. The number of carbonyl (C=O) groups excluding carboxylic acids is 1. The smallest absolute Gasteiger partial charge is 0.330 e. The van der Waals surface area contributed by atoms with E-state index in [4.69, 9.17) is 9.47 Å². The van der Waals surface area contributed by atoms with E-state index in [9.17, 15) is 4.79 Å². The van der Waals surface area contributed by atoms with Crippen LogP contribution in [0, 0.1) is 0 Å². The van der Waals surface area contributed by atoms with Crippen molar-refractivity contribution in [3.63, 3.8) is 0 Å². The summed E-state index contributed by atoms with van der Waals surface area (Å²) in [6.07, 6.45) is 0.587. The molecule has 0 bridgehead atoms. The number of rotatable bonds is 2. The van der Waals surface area contributed by atoms with Gasteiger partial charge in [-0.05, 0) is 24.6 Å². The van der Waals surface area contributed by atoms with Crippen LogP contribution < -0.4 is 4.74 Å². The van der Waals surface area contributed by atoms with Crippen molar-refractivity contribution in [2.45, 2.75) is 19.4 Å². The van der Waals surface area contributed by atoms with Gasteiger partial charge in [0.25, 0.3) is 0 Å². The molecule has 1 aliphatic heterocycles. The van der Waals surface area contributed by atoms with E-state index in [1.54, 1.807) is 7.11 Å². The molecule has 4 heteroatoms. The molecule has 1 unspecified atom stereocenters. The molecule has 17 heavy (non-hydrogen) atoms. The summed E-state index contributed by atoms with van der Waals surface area (Å²) >= 11 is 0. The molecule has 0 saturated heterocycles. The number of fused-ring (bicyclic) bond motifs is 1. The minimum Gasteiger partial charge on any atom is -0.497 e. The number of nitrogens with zero attached hydrogens (tertiary/aromatic N) is 1. The normalized spacial score (nSPS) is 18.1. The maximum atomic E-state index is 11.5. The summed E-state index contributed by atoms with van der Waals surface area (Å²) < 4.78 is 9.90. The van der Waals surface area contributed by atoms with Crippen molar-refractivity contribution in [2.24, 2.45) is 4.99 Å². The molecular formula is C13H15NO3. The third-order valence-corrected chi connectivity index (χ3v) is 2.94. The van der Waals surface area contributed by atoms with Gasteiger partial charge in [-0.1, -0.05) is 6.07 Å². The van der Waals surface area contributed by atoms with Gasteiger partial charge in [-0.2, -0.15) is 0 Å². The minimum absolute atomic E-state index is 0.286. The standard InChI is InChI=1S/C13H15NO3/c1-8-11-7-10(16-2)5-4-9(11)6-12(14-8)13(15)17-3/h4-5,7,12H,6H2,1-3H3. The molecule has 0 radical (unpaired) electrons. The Hall–Kier alpha value is -1.84. The molecule has 0 aliphatic carbocycles. The van der Waals surface area contributed by atoms with Gasteiger partial charge in [-0.3, -0.25) is 4.99 Å². The molecule has 0 amide bonds. The van der Waals surface area contributed by atoms with Crippen LogP contribution in [0.1, 0.15) is 18.1 Å². The van der Waals surface area contributed by atoms with Crippen molar-refractivity contribution in [3.05, 3.63) is 29.3 Å². The lowest BCUT2D eigenvalue weighted by Gasteiger charge is -2.20. The highest BCUT2D eigenvalue weighted by Gasteiger charge is 2.25. The fourth-order valence-corrected chi connectivity index (χ4v) is 2.03. The summed E-state index contributed by atoms with van der Waals surface area (Å²) in [5, 5.41) is 0. The molecular weight excluding hydrogens is 218 g/mol. The van der Waals surface area contributed by atoms with Gasteiger partial charge in [0.2, 0.25) is 0 Å². The summed E-state index contributed by atoms with van der Waals surface area (Å²) in [6.45, 7) is 1.90. The van der Waals surface area contributed by atoms with Gasteiger partial charge in [0, 0.05) is 17.7 Å². The van der Waals surface area contributed by atoms with E-state index in [1.165, 1.54) is 7.11 Å². The highest BCUT2D eigenvalue weighted by Crippen LogP contribution is 2.24. The van der Waals surface area contributed by atoms with Crippen LogP contribution in [0.5, 0.6) is 5.75 Å². The molecule has 90 valence electrons. The number of hydrogen-bond donors (Lipinski definition) is 0. The number of hydrogen-bond acceptors (Lipinski definition) is 4. The van der Waals surface area contributed by atoms with Gasteiger partial charge in [0.15, 0.2) is 6.04 Å². The van der Waals surface area contributed by atoms with Crippen LogP contribution in [-0.4, -0.2) is 31.9 Å². The lowest BCUT2D eigenvalue weighted by molar-refractivity contribution is -0.142. The maximum absolute atomic E-state index is 11.5. The molecule has 4 nitrogen and oxygen atoms in total. The quantitative estimate of drug-likeness (QED) is 0.729. The van der Waals surface area contributed by atoms with E-state index in [0.29, 0.717) is 6.42 Å². The molecule has 1 aromatic carbocycles. The summed E-state index contributed by atoms with van der Waals surface area (Å²) in [4.78, 5) is 15.8. The summed E-state index contributed by atoms with van der Waals surface area (Å²) in [5.74, 6) is 0.514. The van der Waals surface area contributed by atoms with E-state index < -0.39 is 6.04 Å². The molecule has 0 saturated carbocycles. The Morgan fingerprint density at radius 1 is 1.41 bits per heavy atom. The third-order valence-electron chi connectivity index (χ3n) is 2.94. The Balaban J connectivity index is 2.37. The van der Waals surface area contributed by atoms with E-state index in [1.807, 2.05) is 25.1 Å². The lowest BCUT2D eigenvalue weighted by Crippen LogP contribution is -2.28. The Morgan fingerprint density at radius 3 is 2.82 bits per heavy atom. The van der Waals surface area contributed by atoms with Gasteiger partial charge < -0.3 is 9.47 Å². The number of benzene rings is 1. The average molecular weight is 233 g/mol. The van der Waals surface area contributed by atoms with Gasteiger partial charge in [0.1, 0.15) is 5.75 Å². The van der Waals surface area contributed by atoms with Crippen LogP contribution in [0.3, 0.4) is 0 Å². The number of carbonyl (C=O) groups is 1. The third kappa shape index (κ3) is 2.16. The van der Waals surface area contributed by atoms with E-state index in [2.05, 4.69) is 4.99 Å². The van der Waals surface area contributed by atoms with Crippen LogP contribution in [0.2, 0.25) is 0 Å². The number of ether oxygens (including phenoxy) is 2. The summed E-state index contributed by atoms with van der Waals surface area (Å²) in [5.41, 5.74) is 3.00. The van der Waals surface area contributed by atoms with E-state index in [-0.39, 0.29) is 5.97 Å². The van der Waals surface area contributed by atoms with Crippen molar-refractivity contribution in [1.82, 2.24) is 0 Å². The second-order valence-electron chi connectivity index (χ2n) is 3.98. The van der Waals surface area contributed by atoms with Crippen molar-refractivity contribution < 1.29 is 14.3 Å². The second-order valence-corrected chi connectivity index (χ2v) is 3.98. The van der Waals surface area contributed by atoms with Gasteiger partial charge in [-0.25, -0.2) is 4.79 Å². The fourth-order valence-electron chi connectivity index (χ4n) is 2.03. The highest BCUT2D eigenvalue weighted by atomic mass is 16.5. The van der Waals surface area contributed by atoms with Crippen LogP contribution in [0.15, 0.2) is 23.2 Å². The molecule has 1 atom stereocenters. The molecule has 2 rings (SSSR count). The average Bonchev–Trinajstić information content (AvgIpc) is 2.37. The van der Waals surface area contributed by atoms with Crippen molar-refractivity contribution >= 4 is 11.7 Å². The molecule has 0 aromatic heterocycles. The predicted molar refractivity (Wildman–Crippen MR) is 64.7 cm³/mol. The lowest BCUT2D eigenvalue weighted by atomic mass is 9.94. The first-order valence-electron chi connectivity index (χ1n) is 5.45. The first kappa shape index (κ1) is 11.6. The molecule has 0 fully saturated rings. The highest BCUT2D eigenvalue weighted by molar-refractivity contribution is 6.03. The zero-order valence-electron chi connectivity index (χ0n) is 10.2. The monoisotopic (exact) mass is 233 g/mol. The molecule has 0 spiro atoms. The minimum atomic E-state index is -0.416. The number of methoxy groups -OCH3 is 2. The maximum Gasteiger partial charge on any atom is 0.330 e. The van der Waals surface area contributed by atoms with Gasteiger partial charge >= 0.3 is 5.97 Å². The van der Waals surface area contributed by atoms with Crippen molar-refractivity contribution in [2.75, 3.05) is 14.2 Å². The second kappa shape index (κ2) is 4.57. The number of aliphatic imine (C=N–C) groups is 1. The first-order chi connectivity index (χ1) is 8.15. The van der Waals surface area contributed by atoms with Crippen molar-refractivity contribution in [3.8, 4) is 5.75 Å². The Kier molecular flexibility index (Phi) is 3.13. The van der Waals surface area contributed by atoms with Crippen LogP contribution >= 0.6 is 0 Å². The Morgan fingerprint density at radius 2 is 2.18 bits per heavy atom. The summed E-state index contributed by atoms with van der Waals surface area (Å²) in [6, 6.07) is 5.40. The topological polar surface area (TPSA) is 47.9 Å². The van der Waals surface area contributed by atoms with E-state index in [0.717, 1.165) is 22.6 Å². The fraction of sp³-hybridized carbons (Fsp3) is 0.385. The Labute approximate surface area is 100 Å². The largest absolute Gasteiger partial charge is 0.497 e. The van der Waals surface area contributed by atoms with Crippen LogP contribution in [0.4, 0.5) is 0 Å². The number of esters is 1. The molecule has 1 heterocycles. The van der Waals surface area contributed by atoms with Gasteiger partial charge in [-0.15, -0.1) is 0 Å². The SMILES string of the molecule is COC(=O)C1Cc2ccc(OC)cc2C(C)=N1. The zero-order valence-corrected chi connectivity index (χ0v) is 10.2. The molecule has 1 aliphatic rings. The van der Waals surface area contributed by atoms with Crippen molar-refractivity contribution in [1.29, 1.82) is 0 Å². The van der Waals surface area contributed by atoms with Crippen LogP contribution in [-0.2, 0) is 16.0 Å². The zero-order chi connectivity index (χ0) is 12.4. The Bertz CT molecular complexity index is 480. The van der Waals surface area contributed by atoms with E-state index >= 15 is 0 Å². The predicted octanol–water partition coefficient (Wildman–Crippen LogP) is 1.60. The molecule has 1 aromatic rings. The van der Waals surface area contributed by atoms with Gasteiger partial charge in [0.05, 0.1) is 14.2 Å². The first-order valence-corrected chi connectivity index (χ1v) is 5.45.